The molecule has 1 aromatic heterocycles. The molecule has 0 unspecified atom stereocenters. The van der Waals surface area contributed by atoms with Crippen molar-refractivity contribution >= 4 is 23.2 Å². The quantitative estimate of drug-likeness (QED) is 0.793. The van der Waals surface area contributed by atoms with E-state index in [1.54, 1.807) is 6.07 Å². The molecule has 2 N–H and O–H groups in total. The van der Waals surface area contributed by atoms with Crippen molar-refractivity contribution in [2.24, 2.45) is 0 Å². The first kappa shape index (κ1) is 10.2. The molecule has 0 radical (unpaired) electrons. The molecular weight excluding hydrogens is 212 g/mol. The average molecular weight is 224 g/mol. The highest BCUT2D eigenvalue weighted by atomic mass is 32.1. The lowest BCUT2D eigenvalue weighted by atomic mass is 10.4. The van der Waals surface area contributed by atoms with Crippen LogP contribution in [0.3, 0.4) is 0 Å². The minimum Gasteiger partial charge on any atom is -0.352 e. The lowest BCUT2D eigenvalue weighted by Gasteiger charge is -2.04. The third-order valence-corrected chi connectivity index (χ3v) is 2.97. The summed E-state index contributed by atoms with van der Waals surface area (Å²) < 4.78 is 0. The van der Waals surface area contributed by atoms with Gasteiger partial charge in [-0.3, -0.25) is 9.59 Å². The van der Waals surface area contributed by atoms with Crippen LogP contribution in [0.5, 0.6) is 0 Å². The summed E-state index contributed by atoms with van der Waals surface area (Å²) in [6, 6.07) is 3.89. The molecule has 1 heterocycles. The Balaban J connectivity index is 1.72. The molecule has 0 spiro atoms. The van der Waals surface area contributed by atoms with Gasteiger partial charge in [-0.25, -0.2) is 0 Å². The summed E-state index contributed by atoms with van der Waals surface area (Å²) in [5.74, 6) is -0.293. The van der Waals surface area contributed by atoms with Crippen molar-refractivity contribution in [1.29, 1.82) is 0 Å². The van der Waals surface area contributed by atoms with Crippen molar-refractivity contribution in [1.82, 2.24) is 10.6 Å². The maximum absolute atomic E-state index is 11.4. The van der Waals surface area contributed by atoms with Crippen LogP contribution in [0.1, 0.15) is 22.5 Å². The zero-order chi connectivity index (χ0) is 10.7. The van der Waals surface area contributed by atoms with Gasteiger partial charge in [0.2, 0.25) is 5.91 Å². The highest BCUT2D eigenvalue weighted by molar-refractivity contribution is 7.12. The molecule has 1 fully saturated rings. The molecule has 0 aromatic carbocycles. The molecule has 80 valence electrons. The Labute approximate surface area is 91.7 Å². The molecule has 0 atom stereocenters. The van der Waals surface area contributed by atoms with Crippen LogP contribution in [0.4, 0.5) is 0 Å². The molecule has 0 saturated heterocycles. The van der Waals surface area contributed by atoms with E-state index in [-0.39, 0.29) is 18.4 Å². The summed E-state index contributed by atoms with van der Waals surface area (Å²) in [7, 11) is 0. The van der Waals surface area contributed by atoms with Crippen LogP contribution in [0.15, 0.2) is 17.5 Å². The number of nitrogens with one attached hydrogen (secondary N) is 2. The van der Waals surface area contributed by atoms with Gasteiger partial charge in [0.05, 0.1) is 11.4 Å². The van der Waals surface area contributed by atoms with Crippen LogP contribution in [0.2, 0.25) is 0 Å². The van der Waals surface area contributed by atoms with Crippen LogP contribution >= 0.6 is 11.3 Å². The molecule has 4 nitrogen and oxygen atoms in total. The van der Waals surface area contributed by atoms with E-state index >= 15 is 0 Å². The molecule has 1 aliphatic rings. The van der Waals surface area contributed by atoms with Crippen molar-refractivity contribution in [2.75, 3.05) is 6.54 Å². The van der Waals surface area contributed by atoms with Crippen LogP contribution < -0.4 is 10.6 Å². The summed E-state index contributed by atoms with van der Waals surface area (Å²) in [5, 5.41) is 7.21. The Bertz CT molecular complexity index is 358. The SMILES string of the molecule is O=C(CNC(=O)c1cccs1)NC1CC1. The Kier molecular flexibility index (Phi) is 3.01. The first-order valence-corrected chi connectivity index (χ1v) is 5.75. The molecule has 1 aliphatic carbocycles. The zero-order valence-electron chi connectivity index (χ0n) is 8.16. The van der Waals surface area contributed by atoms with E-state index in [0.29, 0.717) is 10.9 Å². The summed E-state index contributed by atoms with van der Waals surface area (Å²) >= 11 is 1.37. The molecule has 15 heavy (non-hydrogen) atoms. The second-order valence-corrected chi connectivity index (χ2v) is 4.45. The summed E-state index contributed by atoms with van der Waals surface area (Å²) in [6.07, 6.45) is 2.12. The number of carbonyl (C=O) groups excluding carboxylic acids is 2. The lowest BCUT2D eigenvalue weighted by molar-refractivity contribution is -0.120. The fraction of sp³-hybridized carbons (Fsp3) is 0.400. The zero-order valence-corrected chi connectivity index (χ0v) is 8.97. The summed E-state index contributed by atoms with van der Waals surface area (Å²) in [6.45, 7) is 0.0627. The van der Waals surface area contributed by atoms with Crippen molar-refractivity contribution < 1.29 is 9.59 Å². The molecule has 5 heteroatoms. The smallest absolute Gasteiger partial charge is 0.261 e. The first-order chi connectivity index (χ1) is 7.25. The number of rotatable bonds is 4. The fourth-order valence-corrected chi connectivity index (χ4v) is 1.80. The highest BCUT2D eigenvalue weighted by Crippen LogP contribution is 2.18. The van der Waals surface area contributed by atoms with E-state index in [4.69, 9.17) is 0 Å². The van der Waals surface area contributed by atoms with Crippen molar-refractivity contribution in [2.45, 2.75) is 18.9 Å². The number of carbonyl (C=O) groups is 2. The molecule has 1 aromatic rings. The number of hydrogen-bond donors (Lipinski definition) is 2. The van der Waals surface area contributed by atoms with Crippen LogP contribution in [-0.4, -0.2) is 24.4 Å². The van der Waals surface area contributed by atoms with Gasteiger partial charge >= 0.3 is 0 Å². The third kappa shape index (κ3) is 3.06. The molecule has 2 rings (SSSR count). The van der Waals surface area contributed by atoms with Crippen LogP contribution in [0, 0.1) is 0 Å². The predicted octanol–water partition coefficient (Wildman–Crippen LogP) is 0.757. The van der Waals surface area contributed by atoms with E-state index in [0.717, 1.165) is 12.8 Å². The monoisotopic (exact) mass is 224 g/mol. The van der Waals surface area contributed by atoms with Crippen molar-refractivity contribution in [3.8, 4) is 0 Å². The molecule has 0 bridgehead atoms. The van der Waals surface area contributed by atoms with Crippen LogP contribution in [0.25, 0.3) is 0 Å². The van der Waals surface area contributed by atoms with Crippen molar-refractivity contribution in [3.63, 3.8) is 0 Å². The summed E-state index contributed by atoms with van der Waals surface area (Å²) in [4.78, 5) is 23.3. The Morgan fingerprint density at radius 3 is 2.87 bits per heavy atom. The van der Waals surface area contributed by atoms with Crippen molar-refractivity contribution in [3.05, 3.63) is 22.4 Å². The van der Waals surface area contributed by atoms with Gasteiger partial charge in [0.25, 0.3) is 5.91 Å². The predicted molar refractivity (Wildman–Crippen MR) is 57.8 cm³/mol. The maximum Gasteiger partial charge on any atom is 0.261 e. The molecule has 0 aliphatic heterocycles. The Morgan fingerprint density at radius 1 is 1.47 bits per heavy atom. The molecular formula is C10H12N2O2S. The van der Waals surface area contributed by atoms with Gasteiger partial charge in [-0.15, -0.1) is 11.3 Å². The standard InChI is InChI=1S/C10H12N2O2S/c13-9(12-7-3-4-7)6-11-10(14)8-2-1-5-15-8/h1-2,5,7H,3-4,6H2,(H,11,14)(H,12,13). The Morgan fingerprint density at radius 2 is 2.27 bits per heavy atom. The number of hydrogen-bond acceptors (Lipinski definition) is 3. The molecule has 2 amide bonds. The Hall–Kier alpha value is -1.36. The average Bonchev–Trinajstić information content (AvgIpc) is 2.86. The fourth-order valence-electron chi connectivity index (χ4n) is 1.16. The van der Waals surface area contributed by atoms with Gasteiger partial charge in [-0.1, -0.05) is 6.07 Å². The van der Waals surface area contributed by atoms with E-state index in [2.05, 4.69) is 10.6 Å². The number of thiophene rings is 1. The normalized spacial score (nSPS) is 14.7. The summed E-state index contributed by atoms with van der Waals surface area (Å²) in [5.41, 5.74) is 0. The second kappa shape index (κ2) is 4.44. The highest BCUT2D eigenvalue weighted by Gasteiger charge is 2.23. The maximum atomic E-state index is 11.4. The van der Waals surface area contributed by atoms with E-state index in [9.17, 15) is 9.59 Å². The molecule has 1 saturated carbocycles. The first-order valence-electron chi connectivity index (χ1n) is 4.87. The lowest BCUT2D eigenvalue weighted by Crippen LogP contribution is -2.37. The second-order valence-electron chi connectivity index (χ2n) is 3.50. The van der Waals surface area contributed by atoms with Gasteiger partial charge in [0.1, 0.15) is 0 Å². The van der Waals surface area contributed by atoms with Crippen LogP contribution in [-0.2, 0) is 4.79 Å². The number of amides is 2. The van der Waals surface area contributed by atoms with Gasteiger partial charge in [0, 0.05) is 6.04 Å². The minimum atomic E-state index is -0.184. The van der Waals surface area contributed by atoms with E-state index in [1.165, 1.54) is 11.3 Å². The third-order valence-electron chi connectivity index (χ3n) is 2.10. The largest absolute Gasteiger partial charge is 0.352 e. The topological polar surface area (TPSA) is 58.2 Å². The van der Waals surface area contributed by atoms with Gasteiger partial charge in [-0.05, 0) is 24.3 Å². The van der Waals surface area contributed by atoms with E-state index in [1.807, 2.05) is 11.4 Å². The van der Waals surface area contributed by atoms with E-state index < -0.39 is 0 Å². The minimum absolute atomic E-state index is 0.0627. The van der Waals surface area contributed by atoms with Gasteiger partial charge < -0.3 is 10.6 Å². The van der Waals surface area contributed by atoms with Gasteiger partial charge in [-0.2, -0.15) is 0 Å². The van der Waals surface area contributed by atoms with Gasteiger partial charge in [0.15, 0.2) is 0 Å².